The van der Waals surface area contributed by atoms with Crippen molar-refractivity contribution >= 4 is 17.8 Å². The second-order valence-corrected chi connectivity index (χ2v) is 4.23. The molecule has 1 amide bonds. The summed E-state index contributed by atoms with van der Waals surface area (Å²) in [5.74, 6) is -3.30. The third-order valence-electron chi connectivity index (χ3n) is 2.42. The molecule has 1 aliphatic heterocycles. The monoisotopic (exact) mass is 318 g/mol. The van der Waals surface area contributed by atoms with E-state index in [0.29, 0.717) is 6.42 Å². The number of carbonyl (C=O) groups excluding carboxylic acids is 1. The van der Waals surface area contributed by atoms with Crippen molar-refractivity contribution in [1.29, 1.82) is 0 Å². The Bertz CT molecular complexity index is 558. The van der Waals surface area contributed by atoms with Crippen LogP contribution >= 0.6 is 0 Å². The van der Waals surface area contributed by atoms with Crippen molar-refractivity contribution in [1.82, 2.24) is 0 Å². The molecular formula is C13H13F3N2O4. The van der Waals surface area contributed by atoms with E-state index in [0.717, 1.165) is 5.56 Å². The molecule has 0 radical (unpaired) electrons. The van der Waals surface area contributed by atoms with Gasteiger partial charge in [0.15, 0.2) is 6.61 Å². The van der Waals surface area contributed by atoms with Crippen LogP contribution in [0.5, 0.6) is 0 Å². The number of carbonyl (C=O) groups is 2. The maximum atomic E-state index is 11.5. The zero-order chi connectivity index (χ0) is 16.8. The Hall–Kier alpha value is -2.42. The maximum Gasteiger partial charge on any atom is 0.468 e. The average Bonchev–Trinajstić information content (AvgIpc) is 2.87. The average molecular weight is 318 g/mol. The number of carboxylic acids is 1. The number of benzene rings is 1. The van der Waals surface area contributed by atoms with Gasteiger partial charge in [-0.3, -0.25) is 9.59 Å². The lowest BCUT2D eigenvalue weighted by atomic mass is 10.1. The van der Waals surface area contributed by atoms with E-state index in [1.165, 1.54) is 0 Å². The Morgan fingerprint density at radius 2 is 1.95 bits per heavy atom. The summed E-state index contributed by atoms with van der Waals surface area (Å²) in [5, 5.41) is 8.52. The SMILES string of the molecule is NC(Cc1ccccc1)C(=O)O.O=C1COC(C(F)(F)F)=N1. The van der Waals surface area contributed by atoms with Crippen LogP contribution in [-0.4, -0.2) is 41.7 Å². The molecule has 0 fully saturated rings. The predicted molar refractivity (Wildman–Crippen MR) is 70.2 cm³/mol. The van der Waals surface area contributed by atoms with E-state index >= 15 is 0 Å². The molecule has 0 saturated carbocycles. The molecule has 0 bridgehead atoms. The molecule has 120 valence electrons. The lowest BCUT2D eigenvalue weighted by molar-refractivity contribution is -0.138. The number of amides is 1. The van der Waals surface area contributed by atoms with E-state index in [1.54, 1.807) is 0 Å². The number of aliphatic carboxylic acids is 1. The van der Waals surface area contributed by atoms with Crippen molar-refractivity contribution in [2.75, 3.05) is 6.61 Å². The number of rotatable bonds is 3. The topological polar surface area (TPSA) is 102 Å². The first-order valence-electron chi connectivity index (χ1n) is 6.04. The molecule has 1 unspecified atom stereocenters. The van der Waals surface area contributed by atoms with Gasteiger partial charge in [0.05, 0.1) is 0 Å². The zero-order valence-corrected chi connectivity index (χ0v) is 11.2. The van der Waals surface area contributed by atoms with E-state index in [1.807, 2.05) is 30.3 Å². The number of alkyl halides is 3. The molecule has 1 heterocycles. The van der Waals surface area contributed by atoms with Gasteiger partial charge in [0.1, 0.15) is 6.04 Å². The number of hydrogen-bond donors (Lipinski definition) is 2. The fraction of sp³-hybridized carbons (Fsp3) is 0.308. The van der Waals surface area contributed by atoms with E-state index < -0.39 is 36.6 Å². The molecule has 2 rings (SSSR count). The molecule has 9 heteroatoms. The maximum absolute atomic E-state index is 11.5. The number of ether oxygens (including phenoxy) is 1. The number of carboxylic acid groups (broad SMARTS) is 1. The van der Waals surface area contributed by atoms with Gasteiger partial charge >= 0.3 is 18.0 Å². The quantitative estimate of drug-likeness (QED) is 0.870. The minimum Gasteiger partial charge on any atom is -0.480 e. The molecule has 3 N–H and O–H groups in total. The van der Waals surface area contributed by atoms with Crippen molar-refractivity contribution in [2.45, 2.75) is 18.6 Å². The van der Waals surface area contributed by atoms with Crippen LogP contribution in [0, 0.1) is 0 Å². The van der Waals surface area contributed by atoms with Gasteiger partial charge in [-0.2, -0.15) is 18.2 Å². The summed E-state index contributed by atoms with van der Waals surface area (Å²) < 4.78 is 38.5. The molecule has 0 spiro atoms. The number of halogens is 3. The van der Waals surface area contributed by atoms with Crippen LogP contribution in [-0.2, 0) is 20.7 Å². The number of aliphatic imine (C=N–C) groups is 1. The Labute approximate surface area is 123 Å². The number of nitrogens with zero attached hydrogens (tertiary/aromatic N) is 1. The smallest absolute Gasteiger partial charge is 0.468 e. The highest BCUT2D eigenvalue weighted by Crippen LogP contribution is 2.20. The third-order valence-corrected chi connectivity index (χ3v) is 2.42. The number of nitrogens with two attached hydrogens (primary N) is 1. The van der Waals surface area contributed by atoms with Crippen LogP contribution < -0.4 is 5.73 Å². The van der Waals surface area contributed by atoms with Gasteiger partial charge in [-0.05, 0) is 12.0 Å². The standard InChI is InChI=1S/C9H11NO2.C4H2F3NO2/c10-8(9(11)12)6-7-4-2-1-3-5-7;5-4(6,7)3-8-2(9)1-10-3/h1-5,8H,6,10H2,(H,11,12);1H2. The van der Waals surface area contributed by atoms with Crippen molar-refractivity contribution in [3.63, 3.8) is 0 Å². The van der Waals surface area contributed by atoms with E-state index in [-0.39, 0.29) is 0 Å². The Kier molecular flexibility index (Phi) is 6.05. The minimum absolute atomic E-state index is 0.385. The summed E-state index contributed by atoms with van der Waals surface area (Å²) in [4.78, 5) is 23.1. The van der Waals surface area contributed by atoms with Crippen molar-refractivity contribution in [2.24, 2.45) is 10.7 Å². The molecule has 0 aromatic heterocycles. The summed E-state index contributed by atoms with van der Waals surface area (Å²) in [6.45, 7) is -0.602. The summed E-state index contributed by atoms with van der Waals surface area (Å²) in [6.07, 6.45) is -4.25. The van der Waals surface area contributed by atoms with Crippen LogP contribution in [0.25, 0.3) is 0 Å². The summed E-state index contributed by atoms with van der Waals surface area (Å²) in [6, 6.07) is 8.54. The molecule has 22 heavy (non-hydrogen) atoms. The molecule has 0 aliphatic carbocycles. The van der Waals surface area contributed by atoms with E-state index in [4.69, 9.17) is 10.8 Å². The highest BCUT2D eigenvalue weighted by Gasteiger charge is 2.41. The van der Waals surface area contributed by atoms with Gasteiger partial charge in [-0.25, -0.2) is 0 Å². The Morgan fingerprint density at radius 1 is 1.36 bits per heavy atom. The second-order valence-electron chi connectivity index (χ2n) is 4.23. The largest absolute Gasteiger partial charge is 0.480 e. The summed E-state index contributed by atoms with van der Waals surface area (Å²) in [5.41, 5.74) is 6.30. The van der Waals surface area contributed by atoms with Crippen LogP contribution in [0.4, 0.5) is 13.2 Å². The Balaban J connectivity index is 0.000000224. The highest BCUT2D eigenvalue weighted by atomic mass is 19.4. The fourth-order valence-corrected chi connectivity index (χ4v) is 1.41. The minimum atomic E-state index is -4.63. The van der Waals surface area contributed by atoms with Crippen molar-refractivity contribution < 1.29 is 32.6 Å². The van der Waals surface area contributed by atoms with Crippen LogP contribution in [0.2, 0.25) is 0 Å². The van der Waals surface area contributed by atoms with E-state index in [9.17, 15) is 22.8 Å². The van der Waals surface area contributed by atoms with E-state index in [2.05, 4.69) is 9.73 Å². The van der Waals surface area contributed by atoms with Gasteiger partial charge in [0.2, 0.25) is 0 Å². The van der Waals surface area contributed by atoms with Crippen molar-refractivity contribution in [3.8, 4) is 0 Å². The molecule has 1 aromatic rings. The van der Waals surface area contributed by atoms with Crippen molar-refractivity contribution in [3.05, 3.63) is 35.9 Å². The first-order chi connectivity index (χ1) is 10.2. The van der Waals surface area contributed by atoms with Crippen LogP contribution in [0.1, 0.15) is 5.56 Å². The normalized spacial score (nSPS) is 15.3. The molecule has 0 saturated heterocycles. The lowest BCUT2D eigenvalue weighted by Crippen LogP contribution is -2.32. The first kappa shape index (κ1) is 17.6. The van der Waals surface area contributed by atoms with Gasteiger partial charge in [-0.15, -0.1) is 0 Å². The fourth-order valence-electron chi connectivity index (χ4n) is 1.41. The second kappa shape index (κ2) is 7.55. The summed E-state index contributed by atoms with van der Waals surface area (Å²) in [7, 11) is 0. The molecule has 1 aromatic carbocycles. The first-order valence-corrected chi connectivity index (χ1v) is 6.04. The lowest BCUT2D eigenvalue weighted by Gasteiger charge is -2.04. The number of hydrogen-bond acceptors (Lipinski definition) is 4. The van der Waals surface area contributed by atoms with Crippen LogP contribution in [0.3, 0.4) is 0 Å². The molecular weight excluding hydrogens is 305 g/mol. The molecule has 1 atom stereocenters. The predicted octanol–water partition coefficient (Wildman–Crippen LogP) is 1.15. The van der Waals surface area contributed by atoms with Gasteiger partial charge in [0.25, 0.3) is 5.91 Å². The third kappa shape index (κ3) is 5.92. The zero-order valence-electron chi connectivity index (χ0n) is 11.2. The van der Waals surface area contributed by atoms with Gasteiger partial charge < -0.3 is 15.6 Å². The Morgan fingerprint density at radius 3 is 2.32 bits per heavy atom. The summed E-state index contributed by atoms with van der Waals surface area (Å²) >= 11 is 0. The van der Waals surface area contributed by atoms with Gasteiger partial charge in [-0.1, -0.05) is 30.3 Å². The molecule has 6 nitrogen and oxygen atoms in total. The molecule has 1 aliphatic rings. The van der Waals surface area contributed by atoms with Crippen LogP contribution in [0.15, 0.2) is 35.3 Å². The van der Waals surface area contributed by atoms with Gasteiger partial charge in [0, 0.05) is 0 Å². The highest BCUT2D eigenvalue weighted by molar-refractivity contribution is 5.99.